The second-order valence-corrected chi connectivity index (χ2v) is 24.8. The summed E-state index contributed by atoms with van der Waals surface area (Å²) in [6.07, 6.45) is 58.0. The van der Waals surface area contributed by atoms with Crippen molar-refractivity contribution in [3.05, 3.63) is 88.0 Å². The number of rotatable bonds is 55. The van der Waals surface area contributed by atoms with Gasteiger partial charge in [0.05, 0.1) is 39.6 Å². The Labute approximate surface area is 578 Å². The number of aryl methyl sites for hydroxylation is 1. The molecule has 0 unspecified atom stereocenters. The van der Waals surface area contributed by atoms with E-state index in [9.17, 15) is 10.2 Å². The first-order valence-corrected chi connectivity index (χ1v) is 36.8. The molecule has 0 spiro atoms. The average Bonchev–Trinajstić information content (AvgIpc) is 3.71. The number of unbranched alkanes of at least 4 members (excludes halogenated alkanes) is 39. The van der Waals surface area contributed by atoms with E-state index in [1.807, 2.05) is 19.1 Å². The van der Waals surface area contributed by atoms with Crippen LogP contribution in [-0.4, -0.2) is 42.1 Å². The number of aliphatic hydroxyl groups is 2. The molecule has 3 rings (SSSR count). The van der Waals surface area contributed by atoms with Gasteiger partial charge in [0.1, 0.15) is 17.2 Å². The predicted octanol–water partition coefficient (Wildman–Crippen LogP) is 21.1. The summed E-state index contributed by atoms with van der Waals surface area (Å²) in [7, 11) is 0. The van der Waals surface area contributed by atoms with Crippen LogP contribution >= 0.6 is 31.9 Å². The molecule has 84 heavy (non-hydrogen) atoms. The van der Waals surface area contributed by atoms with E-state index < -0.39 is 0 Å². The van der Waals surface area contributed by atoms with Crippen molar-refractivity contribution in [1.29, 1.82) is 0 Å². The molecule has 0 aromatic heterocycles. The topological polar surface area (TPSA) is 107 Å². The summed E-state index contributed by atoms with van der Waals surface area (Å²) in [6.45, 7) is 14.8. The average molecular weight is 1330 g/mol. The Balaban J connectivity index is 0. The van der Waals surface area contributed by atoms with Gasteiger partial charge in [-0.2, -0.15) is 0 Å². The molecule has 0 saturated carbocycles. The molecule has 0 bridgehead atoms. The smallest absolute Gasteiger partial charge is 0.870 e. The third-order valence-corrected chi connectivity index (χ3v) is 16.9. The van der Waals surface area contributed by atoms with Gasteiger partial charge in [-0.05, 0) is 103 Å². The molecular weight excluding hydrogens is 1200 g/mol. The van der Waals surface area contributed by atoms with Crippen molar-refractivity contribution >= 4 is 31.9 Å². The van der Waals surface area contributed by atoms with E-state index in [-0.39, 0.29) is 70.1 Å². The van der Waals surface area contributed by atoms with Gasteiger partial charge in [-0.3, -0.25) is 0 Å². The minimum atomic E-state index is -0.0247. The van der Waals surface area contributed by atoms with Crippen molar-refractivity contribution in [3.8, 4) is 17.2 Å². The molecule has 7 nitrogen and oxygen atoms in total. The third-order valence-electron chi connectivity index (χ3n) is 15.6. The monoisotopic (exact) mass is 1330 g/mol. The van der Waals surface area contributed by atoms with E-state index in [1.54, 1.807) is 6.07 Å². The van der Waals surface area contributed by atoms with E-state index in [4.69, 9.17) is 18.9 Å². The molecule has 0 saturated heterocycles. The van der Waals surface area contributed by atoms with Crippen LogP contribution in [0.5, 0.6) is 17.2 Å². The first-order chi connectivity index (χ1) is 40.3. The molecule has 0 heterocycles. The minimum absolute atomic E-state index is 0. The molecule has 0 aliphatic rings. The summed E-state index contributed by atoms with van der Waals surface area (Å²) < 4.78 is 23.2. The Morgan fingerprint density at radius 2 is 0.548 bits per heavy atom. The second-order valence-electron chi connectivity index (χ2n) is 23.7. The van der Waals surface area contributed by atoms with Crippen molar-refractivity contribution in [2.24, 2.45) is 0 Å². The SMILES string of the molecule is CCCCCCCCCCCCCCCCOc1cc(C)cc(COCC)c1.CCCCCCCCCCCCCCCCOc1cc(CBr)cc(CBr)c1.CCCCCCCCCCCCCCCCOc1cc(CO)cc(CO)c1.[K+].[OH-]. The van der Waals surface area contributed by atoms with Crippen molar-refractivity contribution in [3.63, 3.8) is 0 Å². The molecule has 0 radical (unpaired) electrons. The van der Waals surface area contributed by atoms with Gasteiger partial charge in [0, 0.05) is 17.3 Å². The summed E-state index contributed by atoms with van der Waals surface area (Å²) in [5.41, 5.74) is 6.59. The molecule has 482 valence electrons. The summed E-state index contributed by atoms with van der Waals surface area (Å²) in [6, 6.07) is 18.4. The van der Waals surface area contributed by atoms with Crippen LogP contribution in [0.25, 0.3) is 0 Å². The minimum Gasteiger partial charge on any atom is -0.870 e. The van der Waals surface area contributed by atoms with Gasteiger partial charge < -0.3 is 34.6 Å². The van der Waals surface area contributed by atoms with Gasteiger partial charge in [0.25, 0.3) is 0 Å². The number of benzene rings is 3. The van der Waals surface area contributed by atoms with Gasteiger partial charge in [-0.15, -0.1) is 0 Å². The third kappa shape index (κ3) is 54.4. The summed E-state index contributed by atoms with van der Waals surface area (Å²) in [4.78, 5) is 0. The Bertz CT molecular complexity index is 1690. The Morgan fingerprint density at radius 1 is 0.310 bits per heavy atom. The number of hydrogen-bond acceptors (Lipinski definition) is 7. The molecule has 3 aromatic rings. The van der Waals surface area contributed by atoms with E-state index in [0.717, 1.165) is 71.7 Å². The van der Waals surface area contributed by atoms with Crippen LogP contribution in [0.15, 0.2) is 54.6 Å². The van der Waals surface area contributed by atoms with Gasteiger partial charge >= 0.3 is 51.4 Å². The van der Waals surface area contributed by atoms with Gasteiger partial charge in [-0.1, -0.05) is 321 Å². The van der Waals surface area contributed by atoms with Crippen LogP contribution in [0.2, 0.25) is 0 Å². The molecular formula is C74H129Br2KO7. The van der Waals surface area contributed by atoms with Crippen LogP contribution in [0.1, 0.15) is 331 Å². The van der Waals surface area contributed by atoms with Crippen LogP contribution in [0.3, 0.4) is 0 Å². The summed E-state index contributed by atoms with van der Waals surface area (Å²) in [5, 5.41) is 20.3. The molecule has 0 fully saturated rings. The summed E-state index contributed by atoms with van der Waals surface area (Å²) in [5.74, 6) is 2.75. The summed E-state index contributed by atoms with van der Waals surface area (Å²) >= 11 is 7.07. The molecule has 0 aliphatic carbocycles. The fourth-order valence-electron chi connectivity index (χ4n) is 10.6. The van der Waals surface area contributed by atoms with Gasteiger partial charge in [0.2, 0.25) is 0 Å². The van der Waals surface area contributed by atoms with Crippen molar-refractivity contribution in [2.75, 3.05) is 26.4 Å². The van der Waals surface area contributed by atoms with E-state index in [2.05, 4.69) is 96.0 Å². The molecule has 0 aliphatic heterocycles. The Hall–Kier alpha value is -0.504. The second kappa shape index (κ2) is 66.9. The zero-order valence-corrected chi connectivity index (χ0v) is 61.8. The van der Waals surface area contributed by atoms with Gasteiger partial charge in [0.15, 0.2) is 0 Å². The molecule has 3 aromatic carbocycles. The van der Waals surface area contributed by atoms with Gasteiger partial charge in [-0.25, -0.2) is 0 Å². The Kier molecular flexibility index (Phi) is 68.1. The Morgan fingerprint density at radius 3 is 0.810 bits per heavy atom. The molecule has 10 heteroatoms. The molecule has 0 atom stereocenters. The maximum absolute atomic E-state index is 9.25. The van der Waals surface area contributed by atoms with Crippen LogP contribution in [0.4, 0.5) is 0 Å². The maximum Gasteiger partial charge on any atom is 1.00 e. The normalized spacial score (nSPS) is 10.8. The fraction of sp³-hybridized carbons (Fsp3) is 0.757. The first-order valence-electron chi connectivity index (χ1n) is 34.5. The van der Waals surface area contributed by atoms with Crippen LogP contribution in [0, 0.1) is 6.92 Å². The standard InChI is InChI=1S/C26H46O2.C24H40Br2O.C24H42O3.K.H2O/c1-4-6-7-8-9-10-11-12-13-14-15-16-17-18-19-28-26-21-24(3)20-25(22-26)23-27-5-2;2*1-2-3-4-5-6-7-8-9-10-11-12-13-14-15-16-27-24-18-22(20-25)17-23(19-24)21-26;;/h20-22H,4-19,23H2,1-3H3;17-19H,2-16,20-21H2,1H3;17-19,25-26H,2-16,20-21H2,1H3;;1H2/q;;;+1;/p-1. The quantitative estimate of drug-likeness (QED) is 0.0329. The van der Waals surface area contributed by atoms with Crippen LogP contribution in [-0.2, 0) is 35.2 Å². The van der Waals surface area contributed by atoms with Crippen LogP contribution < -0.4 is 65.6 Å². The zero-order chi connectivity index (χ0) is 59.5. The maximum atomic E-state index is 9.25. The number of hydrogen-bond donors (Lipinski definition) is 2. The van der Waals surface area contributed by atoms with E-state index in [0.29, 0.717) is 13.2 Å². The number of aliphatic hydroxyl groups excluding tert-OH is 2. The van der Waals surface area contributed by atoms with Crippen molar-refractivity contribution in [1.82, 2.24) is 0 Å². The number of ether oxygens (including phenoxy) is 4. The molecule has 0 amide bonds. The van der Waals surface area contributed by atoms with Crippen molar-refractivity contribution in [2.45, 2.75) is 335 Å². The van der Waals surface area contributed by atoms with Crippen molar-refractivity contribution < 1.29 is 86.0 Å². The number of alkyl halides is 2. The van der Waals surface area contributed by atoms with E-state index in [1.165, 1.54) is 279 Å². The zero-order valence-electron chi connectivity index (χ0n) is 55.5. The fourth-order valence-corrected chi connectivity index (χ4v) is 11.3. The number of halogens is 2. The predicted molar refractivity (Wildman–Crippen MR) is 366 cm³/mol. The largest absolute Gasteiger partial charge is 1.00 e. The molecule has 3 N–H and O–H groups in total. The first kappa shape index (κ1) is 85.6. The van der Waals surface area contributed by atoms with E-state index >= 15 is 0 Å².